The lowest BCUT2D eigenvalue weighted by Gasteiger charge is -2.19. The predicted molar refractivity (Wildman–Crippen MR) is 58.1 cm³/mol. The molecule has 0 heterocycles. The SMILES string of the molecule is COc1cc(F)c(C(N)C(C)CN)cc1F. The fraction of sp³-hybridized carbons (Fsp3) is 0.455. The van der Waals surface area contributed by atoms with Crippen molar-refractivity contribution >= 4 is 0 Å². The molecule has 1 aromatic rings. The standard InChI is InChI=1S/C11H16F2N2O/c1-6(5-14)11(15)7-3-9(13)10(16-2)4-8(7)12/h3-4,6,11H,5,14-15H2,1-2H3. The molecule has 0 spiro atoms. The first kappa shape index (κ1) is 12.9. The zero-order valence-electron chi connectivity index (χ0n) is 9.34. The van der Waals surface area contributed by atoms with Crippen LogP contribution in [0.2, 0.25) is 0 Å². The van der Waals surface area contributed by atoms with Gasteiger partial charge in [-0.2, -0.15) is 0 Å². The van der Waals surface area contributed by atoms with Crippen molar-refractivity contribution in [3.05, 3.63) is 29.3 Å². The van der Waals surface area contributed by atoms with Crippen molar-refractivity contribution in [1.82, 2.24) is 0 Å². The van der Waals surface area contributed by atoms with Crippen LogP contribution in [-0.2, 0) is 0 Å². The van der Waals surface area contributed by atoms with Gasteiger partial charge in [-0.3, -0.25) is 0 Å². The molecule has 0 radical (unpaired) electrons. The van der Waals surface area contributed by atoms with Gasteiger partial charge in [0.05, 0.1) is 7.11 Å². The highest BCUT2D eigenvalue weighted by atomic mass is 19.1. The highest BCUT2D eigenvalue weighted by Crippen LogP contribution is 2.27. The van der Waals surface area contributed by atoms with Crippen molar-refractivity contribution < 1.29 is 13.5 Å². The van der Waals surface area contributed by atoms with Crippen molar-refractivity contribution in [3.63, 3.8) is 0 Å². The highest BCUT2D eigenvalue weighted by molar-refractivity contribution is 5.32. The smallest absolute Gasteiger partial charge is 0.165 e. The minimum atomic E-state index is -0.626. The molecule has 1 rings (SSSR count). The van der Waals surface area contributed by atoms with E-state index in [9.17, 15) is 8.78 Å². The fourth-order valence-corrected chi connectivity index (χ4v) is 1.41. The molecule has 2 unspecified atom stereocenters. The second-order valence-electron chi connectivity index (χ2n) is 3.75. The van der Waals surface area contributed by atoms with Crippen LogP contribution in [0.4, 0.5) is 8.78 Å². The van der Waals surface area contributed by atoms with Gasteiger partial charge in [-0.1, -0.05) is 6.92 Å². The number of hydrogen-bond donors (Lipinski definition) is 2. The molecule has 1 aromatic carbocycles. The van der Waals surface area contributed by atoms with Gasteiger partial charge in [0.1, 0.15) is 5.82 Å². The Hall–Kier alpha value is -1.20. The lowest BCUT2D eigenvalue weighted by molar-refractivity contribution is 0.378. The van der Waals surface area contributed by atoms with Crippen molar-refractivity contribution in [3.8, 4) is 5.75 Å². The topological polar surface area (TPSA) is 61.3 Å². The third kappa shape index (κ3) is 2.48. The summed E-state index contributed by atoms with van der Waals surface area (Å²) in [6.07, 6.45) is 0. The van der Waals surface area contributed by atoms with E-state index in [0.717, 1.165) is 12.1 Å². The van der Waals surface area contributed by atoms with Crippen molar-refractivity contribution in [2.75, 3.05) is 13.7 Å². The largest absolute Gasteiger partial charge is 0.494 e. The van der Waals surface area contributed by atoms with Gasteiger partial charge in [0.25, 0.3) is 0 Å². The lowest BCUT2D eigenvalue weighted by Crippen LogP contribution is -2.26. The average molecular weight is 230 g/mol. The summed E-state index contributed by atoms with van der Waals surface area (Å²) in [5.74, 6) is -1.46. The zero-order valence-corrected chi connectivity index (χ0v) is 9.34. The summed E-state index contributed by atoms with van der Waals surface area (Å²) in [6.45, 7) is 2.10. The summed E-state index contributed by atoms with van der Waals surface area (Å²) in [6, 6.07) is 1.43. The third-order valence-corrected chi connectivity index (χ3v) is 2.62. The molecular formula is C11H16F2N2O. The molecule has 0 aliphatic rings. The van der Waals surface area contributed by atoms with Gasteiger partial charge < -0.3 is 16.2 Å². The Morgan fingerprint density at radius 3 is 2.44 bits per heavy atom. The Morgan fingerprint density at radius 2 is 1.94 bits per heavy atom. The van der Waals surface area contributed by atoms with Crippen LogP contribution in [-0.4, -0.2) is 13.7 Å². The molecule has 0 fully saturated rings. The Labute approximate surface area is 93.4 Å². The first-order chi connectivity index (χ1) is 7.51. The summed E-state index contributed by atoms with van der Waals surface area (Å²) < 4.78 is 31.6. The summed E-state index contributed by atoms with van der Waals surface area (Å²) in [5.41, 5.74) is 11.3. The van der Waals surface area contributed by atoms with Crippen LogP contribution in [0.25, 0.3) is 0 Å². The summed E-state index contributed by atoms with van der Waals surface area (Å²) in [5, 5.41) is 0. The van der Waals surface area contributed by atoms with Crippen molar-refractivity contribution in [2.24, 2.45) is 17.4 Å². The highest BCUT2D eigenvalue weighted by Gasteiger charge is 2.20. The van der Waals surface area contributed by atoms with Crippen LogP contribution in [0, 0.1) is 17.6 Å². The molecule has 5 heteroatoms. The Bertz CT molecular complexity index is 371. The van der Waals surface area contributed by atoms with Gasteiger partial charge in [-0.15, -0.1) is 0 Å². The van der Waals surface area contributed by atoms with E-state index >= 15 is 0 Å². The van der Waals surface area contributed by atoms with Gasteiger partial charge in [0.2, 0.25) is 0 Å². The molecule has 0 saturated heterocycles. The van der Waals surface area contributed by atoms with E-state index < -0.39 is 17.7 Å². The van der Waals surface area contributed by atoms with Crippen LogP contribution < -0.4 is 16.2 Å². The van der Waals surface area contributed by atoms with Gasteiger partial charge in [0, 0.05) is 17.7 Å². The maximum absolute atomic E-state index is 13.6. The molecule has 4 N–H and O–H groups in total. The van der Waals surface area contributed by atoms with Crippen LogP contribution >= 0.6 is 0 Å². The number of hydrogen-bond acceptors (Lipinski definition) is 3. The van der Waals surface area contributed by atoms with E-state index in [1.54, 1.807) is 6.92 Å². The van der Waals surface area contributed by atoms with E-state index in [-0.39, 0.29) is 17.2 Å². The minimum absolute atomic E-state index is 0.122. The van der Waals surface area contributed by atoms with Crippen LogP contribution in [0.3, 0.4) is 0 Å². The number of methoxy groups -OCH3 is 1. The van der Waals surface area contributed by atoms with E-state index in [2.05, 4.69) is 4.74 Å². The zero-order chi connectivity index (χ0) is 12.3. The number of rotatable bonds is 4. The van der Waals surface area contributed by atoms with Gasteiger partial charge in [-0.05, 0) is 18.5 Å². The molecule has 16 heavy (non-hydrogen) atoms. The number of ether oxygens (including phenoxy) is 1. The van der Waals surface area contributed by atoms with Gasteiger partial charge in [-0.25, -0.2) is 8.78 Å². The maximum Gasteiger partial charge on any atom is 0.165 e. The van der Waals surface area contributed by atoms with E-state index in [1.807, 2.05) is 0 Å². The van der Waals surface area contributed by atoms with Crippen molar-refractivity contribution in [1.29, 1.82) is 0 Å². The Balaban J connectivity index is 3.10. The molecule has 0 amide bonds. The van der Waals surface area contributed by atoms with E-state index in [4.69, 9.17) is 11.5 Å². The number of halogens is 2. The average Bonchev–Trinajstić information content (AvgIpc) is 2.29. The first-order valence-electron chi connectivity index (χ1n) is 4.99. The number of benzene rings is 1. The third-order valence-electron chi connectivity index (χ3n) is 2.62. The molecule has 0 aliphatic heterocycles. The normalized spacial score (nSPS) is 14.6. The van der Waals surface area contributed by atoms with Crippen LogP contribution in [0.1, 0.15) is 18.5 Å². The predicted octanol–water partition coefficient (Wildman–Crippen LogP) is 1.57. The second kappa shape index (κ2) is 5.23. The fourth-order valence-electron chi connectivity index (χ4n) is 1.41. The van der Waals surface area contributed by atoms with Gasteiger partial charge >= 0.3 is 0 Å². The molecule has 2 atom stereocenters. The quantitative estimate of drug-likeness (QED) is 0.825. The van der Waals surface area contributed by atoms with Gasteiger partial charge in [0.15, 0.2) is 11.6 Å². The Kier molecular flexibility index (Phi) is 4.20. The first-order valence-corrected chi connectivity index (χ1v) is 4.99. The molecule has 3 nitrogen and oxygen atoms in total. The van der Waals surface area contributed by atoms with Crippen LogP contribution in [0.5, 0.6) is 5.75 Å². The summed E-state index contributed by atoms with van der Waals surface area (Å²) in [4.78, 5) is 0. The minimum Gasteiger partial charge on any atom is -0.494 e. The Morgan fingerprint density at radius 1 is 1.31 bits per heavy atom. The molecule has 0 aromatic heterocycles. The lowest BCUT2D eigenvalue weighted by atomic mass is 9.95. The van der Waals surface area contributed by atoms with E-state index in [0.29, 0.717) is 6.54 Å². The second-order valence-corrected chi connectivity index (χ2v) is 3.75. The summed E-state index contributed by atoms with van der Waals surface area (Å²) >= 11 is 0. The monoisotopic (exact) mass is 230 g/mol. The molecule has 0 bridgehead atoms. The molecule has 0 aliphatic carbocycles. The molecule has 0 saturated carbocycles. The molecular weight excluding hydrogens is 214 g/mol. The van der Waals surface area contributed by atoms with Crippen molar-refractivity contribution in [2.45, 2.75) is 13.0 Å². The number of nitrogens with two attached hydrogens (primary N) is 2. The van der Waals surface area contributed by atoms with E-state index in [1.165, 1.54) is 7.11 Å². The van der Waals surface area contributed by atoms with Crippen LogP contribution in [0.15, 0.2) is 12.1 Å². The molecule has 90 valence electrons. The maximum atomic E-state index is 13.6. The summed E-state index contributed by atoms with van der Waals surface area (Å²) in [7, 11) is 1.28.